The van der Waals surface area contributed by atoms with Gasteiger partial charge in [0, 0.05) is 17.5 Å². The second-order valence-electron chi connectivity index (χ2n) is 5.05. The van der Waals surface area contributed by atoms with E-state index in [9.17, 15) is 14.0 Å². The van der Waals surface area contributed by atoms with Crippen molar-refractivity contribution in [2.75, 3.05) is 25.5 Å². The number of rotatable bonds is 7. The van der Waals surface area contributed by atoms with E-state index in [0.29, 0.717) is 11.6 Å². The van der Waals surface area contributed by atoms with Crippen LogP contribution in [-0.4, -0.2) is 47.0 Å². The van der Waals surface area contributed by atoms with Gasteiger partial charge in [0.2, 0.25) is 5.91 Å². The van der Waals surface area contributed by atoms with Crippen LogP contribution < -0.4 is 5.32 Å². The molecule has 0 radical (unpaired) electrons. The SMILES string of the molecule is CN(CC(=O)O)CC(=O)Nc1ncc(Cc2ccc(F)cc2)s1. The van der Waals surface area contributed by atoms with Gasteiger partial charge in [-0.05, 0) is 24.7 Å². The molecule has 0 aliphatic heterocycles. The lowest BCUT2D eigenvalue weighted by molar-refractivity contribution is -0.138. The number of halogens is 1. The highest BCUT2D eigenvalue weighted by Gasteiger charge is 2.11. The Morgan fingerprint density at radius 2 is 2.00 bits per heavy atom. The lowest BCUT2D eigenvalue weighted by Crippen LogP contribution is -2.33. The van der Waals surface area contributed by atoms with E-state index in [1.54, 1.807) is 25.4 Å². The first-order valence-corrected chi connectivity index (χ1v) is 7.63. The normalized spacial score (nSPS) is 10.7. The minimum absolute atomic E-state index is 0.0286. The van der Waals surface area contributed by atoms with E-state index in [0.717, 1.165) is 10.4 Å². The second kappa shape index (κ2) is 7.80. The number of thiazole rings is 1. The van der Waals surface area contributed by atoms with Crippen LogP contribution in [0.1, 0.15) is 10.4 Å². The molecule has 6 nitrogen and oxygen atoms in total. The van der Waals surface area contributed by atoms with Crippen molar-refractivity contribution in [3.8, 4) is 0 Å². The standard InChI is InChI=1S/C15H16FN3O3S/c1-19(9-14(21)22)8-13(20)18-15-17-7-12(23-15)6-10-2-4-11(16)5-3-10/h2-5,7H,6,8-9H2,1H3,(H,21,22)(H,17,18,20). The maximum Gasteiger partial charge on any atom is 0.317 e. The van der Waals surface area contributed by atoms with Gasteiger partial charge in [-0.25, -0.2) is 9.37 Å². The van der Waals surface area contributed by atoms with Crippen molar-refractivity contribution in [1.82, 2.24) is 9.88 Å². The van der Waals surface area contributed by atoms with E-state index < -0.39 is 5.97 Å². The number of likely N-dealkylation sites (N-methyl/N-ethyl adjacent to an activating group) is 1. The average Bonchev–Trinajstić information content (AvgIpc) is 2.87. The summed E-state index contributed by atoms with van der Waals surface area (Å²) in [6.07, 6.45) is 2.26. The van der Waals surface area contributed by atoms with Crippen molar-refractivity contribution in [3.05, 3.63) is 46.7 Å². The number of hydrogen-bond acceptors (Lipinski definition) is 5. The summed E-state index contributed by atoms with van der Waals surface area (Å²) in [6, 6.07) is 6.21. The molecule has 1 aromatic heterocycles. The van der Waals surface area contributed by atoms with Gasteiger partial charge in [0.1, 0.15) is 5.82 Å². The first kappa shape index (κ1) is 17.0. The minimum atomic E-state index is -0.990. The van der Waals surface area contributed by atoms with Gasteiger partial charge in [-0.1, -0.05) is 12.1 Å². The molecule has 122 valence electrons. The summed E-state index contributed by atoms with van der Waals surface area (Å²) in [5.41, 5.74) is 0.953. The van der Waals surface area contributed by atoms with Crippen LogP contribution in [0.15, 0.2) is 30.5 Å². The minimum Gasteiger partial charge on any atom is -0.480 e. The number of aromatic nitrogens is 1. The molecule has 8 heteroatoms. The fourth-order valence-corrected chi connectivity index (χ4v) is 2.80. The smallest absolute Gasteiger partial charge is 0.317 e. The Kier molecular flexibility index (Phi) is 5.78. The molecule has 0 bridgehead atoms. The summed E-state index contributed by atoms with van der Waals surface area (Å²) in [6.45, 7) is -0.236. The molecule has 0 spiro atoms. The summed E-state index contributed by atoms with van der Waals surface area (Å²) in [5, 5.41) is 11.7. The Morgan fingerprint density at radius 3 is 2.65 bits per heavy atom. The molecule has 0 aliphatic carbocycles. The van der Waals surface area contributed by atoms with E-state index in [4.69, 9.17) is 5.11 Å². The van der Waals surface area contributed by atoms with Crippen LogP contribution in [0, 0.1) is 5.82 Å². The zero-order valence-corrected chi connectivity index (χ0v) is 13.3. The van der Waals surface area contributed by atoms with Crippen molar-refractivity contribution >= 4 is 28.3 Å². The number of hydrogen-bond donors (Lipinski definition) is 2. The van der Waals surface area contributed by atoms with E-state index >= 15 is 0 Å². The number of carbonyl (C=O) groups excluding carboxylic acids is 1. The molecule has 1 amide bonds. The first-order valence-electron chi connectivity index (χ1n) is 6.81. The van der Waals surface area contributed by atoms with Gasteiger partial charge in [0.05, 0.1) is 13.1 Å². The lowest BCUT2D eigenvalue weighted by Gasteiger charge is -2.12. The van der Waals surface area contributed by atoms with Gasteiger partial charge < -0.3 is 10.4 Å². The molecule has 2 aromatic rings. The highest BCUT2D eigenvalue weighted by Crippen LogP contribution is 2.21. The van der Waals surface area contributed by atoms with Gasteiger partial charge >= 0.3 is 5.97 Å². The summed E-state index contributed by atoms with van der Waals surface area (Å²) < 4.78 is 12.9. The second-order valence-corrected chi connectivity index (χ2v) is 6.16. The quantitative estimate of drug-likeness (QED) is 0.805. The Balaban J connectivity index is 1.88. The molecule has 0 saturated heterocycles. The predicted octanol–water partition coefficient (Wildman–Crippen LogP) is 1.83. The maximum absolute atomic E-state index is 12.9. The summed E-state index contributed by atoms with van der Waals surface area (Å²) >= 11 is 1.33. The fourth-order valence-electron chi connectivity index (χ4n) is 1.94. The van der Waals surface area contributed by atoms with Crippen molar-refractivity contribution in [1.29, 1.82) is 0 Å². The Morgan fingerprint density at radius 1 is 1.30 bits per heavy atom. The van der Waals surface area contributed by atoms with Crippen LogP contribution >= 0.6 is 11.3 Å². The number of benzene rings is 1. The average molecular weight is 337 g/mol. The number of nitrogens with zero attached hydrogens (tertiary/aromatic N) is 2. The third-order valence-corrected chi connectivity index (χ3v) is 3.82. The molecule has 2 N–H and O–H groups in total. The fraction of sp³-hybridized carbons (Fsp3) is 0.267. The molecule has 1 aromatic carbocycles. The van der Waals surface area contributed by atoms with Gasteiger partial charge in [0.15, 0.2) is 5.13 Å². The van der Waals surface area contributed by atoms with Crippen molar-refractivity contribution < 1.29 is 19.1 Å². The zero-order valence-electron chi connectivity index (χ0n) is 12.5. The van der Waals surface area contributed by atoms with Gasteiger partial charge in [-0.3, -0.25) is 14.5 Å². The molecule has 0 atom stereocenters. The molecular formula is C15H16FN3O3S. The number of carboxylic acid groups (broad SMARTS) is 1. The largest absolute Gasteiger partial charge is 0.480 e. The van der Waals surface area contributed by atoms with Crippen molar-refractivity contribution in [2.45, 2.75) is 6.42 Å². The van der Waals surface area contributed by atoms with E-state index in [-0.39, 0.29) is 24.8 Å². The Bertz CT molecular complexity index is 688. The number of amides is 1. The molecule has 0 fully saturated rings. The third kappa shape index (κ3) is 5.76. The molecular weight excluding hydrogens is 321 g/mol. The van der Waals surface area contributed by atoms with Crippen LogP contribution in [0.2, 0.25) is 0 Å². The zero-order chi connectivity index (χ0) is 16.8. The molecule has 0 unspecified atom stereocenters. The van der Waals surface area contributed by atoms with E-state index in [2.05, 4.69) is 10.3 Å². The highest BCUT2D eigenvalue weighted by molar-refractivity contribution is 7.15. The third-order valence-electron chi connectivity index (χ3n) is 2.91. The van der Waals surface area contributed by atoms with Crippen LogP contribution in [0.5, 0.6) is 0 Å². The number of carboxylic acids is 1. The van der Waals surface area contributed by atoms with E-state index in [1.807, 2.05) is 0 Å². The molecule has 2 rings (SSSR count). The van der Waals surface area contributed by atoms with Crippen LogP contribution in [0.4, 0.5) is 9.52 Å². The van der Waals surface area contributed by atoms with E-state index in [1.165, 1.54) is 28.4 Å². The number of aliphatic carboxylic acids is 1. The Hall–Kier alpha value is -2.32. The van der Waals surface area contributed by atoms with Crippen molar-refractivity contribution in [2.24, 2.45) is 0 Å². The number of carbonyl (C=O) groups is 2. The highest BCUT2D eigenvalue weighted by atomic mass is 32.1. The summed E-state index contributed by atoms with van der Waals surface area (Å²) in [4.78, 5) is 28.8. The molecule has 1 heterocycles. The van der Waals surface area contributed by atoms with Crippen LogP contribution in [0.3, 0.4) is 0 Å². The molecule has 23 heavy (non-hydrogen) atoms. The summed E-state index contributed by atoms with van der Waals surface area (Å²) in [7, 11) is 1.55. The monoisotopic (exact) mass is 337 g/mol. The topological polar surface area (TPSA) is 82.5 Å². The van der Waals surface area contributed by atoms with Gasteiger partial charge in [0.25, 0.3) is 0 Å². The number of nitrogens with one attached hydrogen (secondary N) is 1. The van der Waals surface area contributed by atoms with Crippen LogP contribution in [-0.2, 0) is 16.0 Å². The van der Waals surface area contributed by atoms with Gasteiger partial charge in [-0.2, -0.15) is 0 Å². The molecule has 0 saturated carbocycles. The van der Waals surface area contributed by atoms with Gasteiger partial charge in [-0.15, -0.1) is 11.3 Å². The lowest BCUT2D eigenvalue weighted by atomic mass is 10.1. The summed E-state index contributed by atoms with van der Waals surface area (Å²) in [5.74, 6) is -1.59. The number of anilines is 1. The van der Waals surface area contributed by atoms with Crippen molar-refractivity contribution in [3.63, 3.8) is 0 Å². The molecule has 0 aliphatic rings. The first-order chi connectivity index (χ1) is 10.9. The van der Waals surface area contributed by atoms with Crippen LogP contribution in [0.25, 0.3) is 0 Å². The maximum atomic E-state index is 12.9. The predicted molar refractivity (Wildman–Crippen MR) is 85.1 cm³/mol. The Labute approximate surface area is 136 Å².